The number of sulfone groups is 1. The molecule has 1 aromatic rings. The number of nitrogens with one attached hydrogen (secondary N) is 2. The summed E-state index contributed by atoms with van der Waals surface area (Å²) in [6.07, 6.45) is 0. The average molecular weight is 516 g/mol. The third-order valence-electron chi connectivity index (χ3n) is 4.56. The first-order valence-electron chi connectivity index (χ1n) is 8.75. The van der Waals surface area contributed by atoms with Gasteiger partial charge in [-0.1, -0.05) is 11.8 Å². The Morgan fingerprint density at radius 1 is 1.41 bits per heavy atom. The van der Waals surface area contributed by atoms with Crippen LogP contribution in [0.2, 0.25) is 0 Å². The van der Waals surface area contributed by atoms with Gasteiger partial charge in [-0.15, -0.1) is 16.9 Å². The Labute approximate surface area is 187 Å². The quantitative estimate of drug-likeness (QED) is 0.300. The molecule has 2 amide bonds. The van der Waals surface area contributed by atoms with Crippen molar-refractivity contribution in [2.24, 2.45) is 0 Å². The van der Waals surface area contributed by atoms with Crippen molar-refractivity contribution in [3.8, 4) is 0 Å². The normalized spacial score (nSPS) is 21.2. The minimum atomic E-state index is -5.42. The van der Waals surface area contributed by atoms with E-state index in [0.29, 0.717) is 16.3 Å². The number of aromatic nitrogens is 3. The number of nitrogens with zero attached hydrogens (tertiary/aromatic N) is 3. The number of H-pyrrole nitrogens is 1. The largest absolute Gasteiger partial charge is 0.477 e. The van der Waals surface area contributed by atoms with Crippen LogP contribution in [0.25, 0.3) is 0 Å². The van der Waals surface area contributed by atoms with E-state index in [9.17, 15) is 41.1 Å². The van der Waals surface area contributed by atoms with Crippen molar-refractivity contribution in [1.82, 2.24) is 25.6 Å². The molecule has 0 radical (unpaired) electrons. The number of aryl methyl sites for hydroxylation is 1. The Bertz CT molecular complexity index is 1090. The van der Waals surface area contributed by atoms with E-state index in [1.807, 2.05) is 5.32 Å². The highest BCUT2D eigenvalue weighted by Gasteiger charge is 2.55. The molecule has 2 atom stereocenters. The maximum Gasteiger partial charge on any atom is 0.373 e. The van der Waals surface area contributed by atoms with Gasteiger partial charge in [-0.05, 0) is 12.5 Å². The van der Waals surface area contributed by atoms with Crippen LogP contribution in [0, 0.1) is 6.92 Å². The predicted octanol–water partition coefficient (Wildman–Crippen LogP) is -0.0791. The topological polar surface area (TPSA) is 162 Å². The predicted molar refractivity (Wildman–Crippen MR) is 106 cm³/mol. The van der Waals surface area contributed by atoms with Gasteiger partial charge in [0.25, 0.3) is 5.91 Å². The first kappa shape index (κ1) is 24.4. The van der Waals surface area contributed by atoms with Crippen LogP contribution in [0.15, 0.2) is 16.3 Å². The Balaban J connectivity index is 1.70. The standard InChI is InChI=1S/C15H16F3N5O6S3/c1-6-11(21-22-20-6)30-2-7-3-31-13-9(12(25)23(13)10(7)14(26)27)19-8(24)4-32(28,29)15(17,18)5-16/h9,13H,2-5H2,1H3,(H,19,24)(H,26,27)(H,20,21,22)/t9?,13-/m1/s1. The molecule has 1 unspecified atom stereocenters. The summed E-state index contributed by atoms with van der Waals surface area (Å²) in [4.78, 5) is 37.2. The van der Waals surface area contributed by atoms with Gasteiger partial charge in [0.2, 0.25) is 15.7 Å². The number of carbonyl (C=O) groups excluding carboxylic acids is 2. The Hall–Kier alpha value is -2.27. The molecule has 2 aliphatic rings. The van der Waals surface area contributed by atoms with E-state index in [1.165, 1.54) is 11.8 Å². The van der Waals surface area contributed by atoms with Crippen LogP contribution in [0.5, 0.6) is 0 Å². The number of β-lactam (4-membered cyclic amide) rings is 1. The molecule has 0 bridgehead atoms. The number of carbonyl (C=O) groups is 3. The molecule has 3 N–H and O–H groups in total. The van der Waals surface area contributed by atoms with Gasteiger partial charge in [0.1, 0.15) is 27.9 Å². The van der Waals surface area contributed by atoms with Crippen LogP contribution in [0.3, 0.4) is 0 Å². The second-order valence-electron chi connectivity index (χ2n) is 6.75. The minimum Gasteiger partial charge on any atom is -0.477 e. The number of carboxylic acids is 1. The van der Waals surface area contributed by atoms with E-state index in [-0.39, 0.29) is 17.2 Å². The lowest BCUT2D eigenvalue weighted by molar-refractivity contribution is -0.150. The number of halogens is 3. The van der Waals surface area contributed by atoms with Crippen LogP contribution in [0.1, 0.15) is 5.69 Å². The second kappa shape index (κ2) is 8.93. The molecule has 0 aliphatic carbocycles. The molecule has 0 spiro atoms. The summed E-state index contributed by atoms with van der Waals surface area (Å²) in [5.41, 5.74) is 0.772. The van der Waals surface area contributed by atoms with Gasteiger partial charge in [0.15, 0.2) is 6.67 Å². The van der Waals surface area contributed by atoms with Crippen molar-refractivity contribution in [2.75, 3.05) is 23.9 Å². The number of thioether (sulfide) groups is 2. The molecule has 0 saturated carbocycles. The van der Waals surface area contributed by atoms with Crippen molar-refractivity contribution in [1.29, 1.82) is 0 Å². The third-order valence-corrected chi connectivity index (χ3v) is 8.71. The molecule has 0 aromatic carbocycles. The fourth-order valence-corrected chi connectivity index (χ4v) is 6.13. The molecule has 2 aliphatic heterocycles. The summed E-state index contributed by atoms with van der Waals surface area (Å²) < 4.78 is 61.5. The highest BCUT2D eigenvalue weighted by atomic mass is 32.2. The van der Waals surface area contributed by atoms with Crippen molar-refractivity contribution >= 4 is 51.1 Å². The van der Waals surface area contributed by atoms with Crippen LogP contribution >= 0.6 is 23.5 Å². The van der Waals surface area contributed by atoms with E-state index in [1.54, 1.807) is 6.92 Å². The number of alkyl halides is 3. The minimum absolute atomic E-state index is 0.185. The van der Waals surface area contributed by atoms with E-state index in [2.05, 4.69) is 15.4 Å². The molecular formula is C15H16F3N5O6S3. The molecule has 3 rings (SSSR count). The van der Waals surface area contributed by atoms with Gasteiger partial charge in [-0.2, -0.15) is 19.1 Å². The van der Waals surface area contributed by atoms with Crippen LogP contribution < -0.4 is 5.32 Å². The monoisotopic (exact) mass is 515 g/mol. The van der Waals surface area contributed by atoms with Crippen LogP contribution in [-0.2, 0) is 24.2 Å². The summed E-state index contributed by atoms with van der Waals surface area (Å²) in [7, 11) is -5.42. The van der Waals surface area contributed by atoms with Crippen molar-refractivity contribution in [2.45, 2.75) is 28.6 Å². The third kappa shape index (κ3) is 4.45. The van der Waals surface area contributed by atoms with Gasteiger partial charge < -0.3 is 10.4 Å². The van der Waals surface area contributed by atoms with Crippen LogP contribution in [0.4, 0.5) is 13.2 Å². The summed E-state index contributed by atoms with van der Waals surface area (Å²) in [6, 6.07) is -1.30. The highest BCUT2D eigenvalue weighted by Crippen LogP contribution is 2.41. The number of hydrogen-bond acceptors (Lipinski definition) is 9. The number of aromatic amines is 1. The van der Waals surface area contributed by atoms with Gasteiger partial charge >= 0.3 is 11.2 Å². The van der Waals surface area contributed by atoms with Gasteiger partial charge in [-0.3, -0.25) is 14.5 Å². The van der Waals surface area contributed by atoms with Gasteiger partial charge in [0, 0.05) is 11.5 Å². The Kier molecular flexibility index (Phi) is 6.80. The maximum absolute atomic E-state index is 13.1. The molecule has 1 aromatic heterocycles. The van der Waals surface area contributed by atoms with Crippen molar-refractivity contribution in [3.05, 3.63) is 17.0 Å². The Morgan fingerprint density at radius 2 is 2.09 bits per heavy atom. The zero-order chi connectivity index (χ0) is 23.8. The van der Waals surface area contributed by atoms with Crippen molar-refractivity contribution in [3.63, 3.8) is 0 Å². The van der Waals surface area contributed by atoms with E-state index >= 15 is 0 Å². The smallest absolute Gasteiger partial charge is 0.373 e. The molecule has 3 heterocycles. The zero-order valence-corrected chi connectivity index (χ0v) is 18.6. The number of amides is 2. The average Bonchev–Trinajstić information content (AvgIpc) is 3.13. The first-order chi connectivity index (χ1) is 14.9. The number of carboxylic acid groups (broad SMARTS) is 1. The van der Waals surface area contributed by atoms with E-state index in [4.69, 9.17) is 0 Å². The number of aliphatic carboxylic acids is 1. The molecule has 32 heavy (non-hydrogen) atoms. The number of rotatable bonds is 9. The van der Waals surface area contributed by atoms with Crippen molar-refractivity contribution < 1.29 is 41.1 Å². The highest BCUT2D eigenvalue weighted by molar-refractivity contribution is 8.01. The van der Waals surface area contributed by atoms with Crippen LogP contribution in [-0.4, -0.2) is 92.2 Å². The molecule has 11 nitrogen and oxygen atoms in total. The summed E-state index contributed by atoms with van der Waals surface area (Å²) in [6.45, 7) is -0.779. The van der Waals surface area contributed by atoms with E-state index in [0.717, 1.165) is 16.7 Å². The number of fused-ring (bicyclic) bond motifs is 1. The zero-order valence-electron chi connectivity index (χ0n) is 16.2. The fraction of sp³-hybridized carbons (Fsp3) is 0.533. The molecule has 1 fully saturated rings. The summed E-state index contributed by atoms with van der Waals surface area (Å²) >= 11 is 2.34. The summed E-state index contributed by atoms with van der Waals surface area (Å²) in [5.74, 6) is -4.95. The molecule has 17 heteroatoms. The lowest BCUT2D eigenvalue weighted by Crippen LogP contribution is -2.71. The molecule has 1 saturated heterocycles. The van der Waals surface area contributed by atoms with E-state index < -0.39 is 56.7 Å². The molecular weight excluding hydrogens is 499 g/mol. The fourth-order valence-electron chi connectivity index (χ4n) is 2.94. The lowest BCUT2D eigenvalue weighted by atomic mass is 10.0. The van der Waals surface area contributed by atoms with Gasteiger partial charge in [-0.25, -0.2) is 17.6 Å². The maximum atomic E-state index is 13.1. The lowest BCUT2D eigenvalue weighted by Gasteiger charge is -2.49. The van der Waals surface area contributed by atoms with Gasteiger partial charge in [0.05, 0.1) is 5.69 Å². The SMILES string of the molecule is Cc1n[nH]nc1SCC1=C(C(=O)O)N2C(=O)C(NC(=O)CS(=O)(=O)C(F)(F)CF)[C@H]2SC1. The first-order valence-corrected chi connectivity index (χ1v) is 12.4. The summed E-state index contributed by atoms with van der Waals surface area (Å²) in [5, 5.41) is 16.8. The second-order valence-corrected chi connectivity index (χ2v) is 10.9. The molecule has 176 valence electrons. The Morgan fingerprint density at radius 3 is 2.66 bits per heavy atom. The number of hydrogen-bond donors (Lipinski definition) is 3.